The molecule has 0 aromatic heterocycles. The summed E-state index contributed by atoms with van der Waals surface area (Å²) < 4.78 is 0. The molecular weight excluding hydrogens is 302 g/mol. The van der Waals surface area contributed by atoms with Gasteiger partial charge in [0.25, 0.3) is 0 Å². The largest absolute Gasteiger partial charge is 0.342 e. The van der Waals surface area contributed by atoms with E-state index in [4.69, 9.17) is 0 Å². The summed E-state index contributed by atoms with van der Waals surface area (Å²) in [6, 6.07) is 0. The van der Waals surface area contributed by atoms with Crippen molar-refractivity contribution in [3.8, 4) is 0 Å². The van der Waals surface area contributed by atoms with E-state index >= 15 is 0 Å². The molecule has 24 heavy (non-hydrogen) atoms. The maximum atomic E-state index is 12.6. The lowest BCUT2D eigenvalue weighted by Gasteiger charge is -2.34. The minimum Gasteiger partial charge on any atom is -0.342 e. The number of rotatable bonds is 7. The predicted molar refractivity (Wildman–Crippen MR) is 94.6 cm³/mol. The first kappa shape index (κ1) is 17.7. The van der Waals surface area contributed by atoms with Crippen LogP contribution in [0.25, 0.3) is 0 Å². The Kier molecular flexibility index (Phi) is 6.14. The van der Waals surface area contributed by atoms with Crippen molar-refractivity contribution in [2.75, 3.05) is 45.8 Å². The van der Waals surface area contributed by atoms with Gasteiger partial charge >= 0.3 is 0 Å². The lowest BCUT2D eigenvalue weighted by Crippen LogP contribution is -2.47. The zero-order valence-corrected chi connectivity index (χ0v) is 15.2. The highest BCUT2D eigenvalue weighted by Crippen LogP contribution is 2.30. The van der Waals surface area contributed by atoms with Gasteiger partial charge in [-0.05, 0) is 57.4 Å². The lowest BCUT2D eigenvalue weighted by molar-refractivity contribution is -0.140. The molecule has 0 N–H and O–H groups in total. The number of carbonyl (C=O) groups is 2. The Labute approximate surface area is 146 Å². The zero-order chi connectivity index (χ0) is 16.9. The van der Waals surface area contributed by atoms with Gasteiger partial charge in [-0.1, -0.05) is 6.92 Å². The Morgan fingerprint density at radius 3 is 2.21 bits per heavy atom. The molecule has 0 radical (unpaired) electrons. The van der Waals surface area contributed by atoms with Crippen LogP contribution < -0.4 is 0 Å². The highest BCUT2D eigenvalue weighted by Gasteiger charge is 2.32. The average Bonchev–Trinajstić information content (AvgIpc) is 3.24. The topological polar surface area (TPSA) is 43.9 Å². The van der Waals surface area contributed by atoms with Gasteiger partial charge in [0.05, 0.1) is 6.54 Å². The molecule has 1 saturated carbocycles. The quantitative estimate of drug-likeness (QED) is 0.714. The lowest BCUT2D eigenvalue weighted by atomic mass is 9.95. The van der Waals surface area contributed by atoms with Gasteiger partial charge in [-0.25, -0.2) is 0 Å². The summed E-state index contributed by atoms with van der Waals surface area (Å²) in [7, 11) is 0. The number of hydrogen-bond donors (Lipinski definition) is 0. The fourth-order valence-electron chi connectivity index (χ4n) is 4.08. The van der Waals surface area contributed by atoms with Gasteiger partial charge in [0.1, 0.15) is 0 Å². The van der Waals surface area contributed by atoms with Crippen molar-refractivity contribution < 1.29 is 9.59 Å². The van der Waals surface area contributed by atoms with E-state index in [1.165, 1.54) is 12.8 Å². The second-order valence-electron chi connectivity index (χ2n) is 7.87. The first-order chi connectivity index (χ1) is 11.7. The Hall–Kier alpha value is -1.10. The number of piperidine rings is 1. The van der Waals surface area contributed by atoms with Crippen molar-refractivity contribution in [3.05, 3.63) is 0 Å². The molecule has 0 bridgehead atoms. The van der Waals surface area contributed by atoms with Crippen molar-refractivity contribution in [1.29, 1.82) is 0 Å². The van der Waals surface area contributed by atoms with Crippen molar-refractivity contribution in [1.82, 2.24) is 14.7 Å². The normalized spacial score (nSPS) is 22.4. The first-order valence-corrected chi connectivity index (χ1v) is 9.96. The molecule has 3 fully saturated rings. The summed E-state index contributed by atoms with van der Waals surface area (Å²) >= 11 is 0. The van der Waals surface area contributed by atoms with Crippen LogP contribution in [0.15, 0.2) is 0 Å². The Bertz CT molecular complexity index is 436. The zero-order valence-electron chi connectivity index (χ0n) is 15.2. The van der Waals surface area contributed by atoms with Gasteiger partial charge in [-0.2, -0.15) is 0 Å². The molecule has 5 nitrogen and oxygen atoms in total. The molecule has 0 spiro atoms. The minimum atomic E-state index is 0.144. The van der Waals surface area contributed by atoms with Crippen LogP contribution in [-0.4, -0.2) is 72.3 Å². The number of carbonyl (C=O) groups excluding carboxylic acids is 2. The third-order valence-electron chi connectivity index (χ3n) is 5.73. The van der Waals surface area contributed by atoms with E-state index in [0.29, 0.717) is 12.5 Å². The van der Waals surface area contributed by atoms with Gasteiger partial charge < -0.3 is 9.80 Å². The molecule has 2 saturated heterocycles. The molecular formula is C19H33N3O2. The molecule has 0 aromatic carbocycles. The molecule has 3 rings (SSSR count). The van der Waals surface area contributed by atoms with Crippen LogP contribution in [-0.2, 0) is 9.59 Å². The maximum absolute atomic E-state index is 12.6. The first-order valence-electron chi connectivity index (χ1n) is 9.96. The number of nitrogens with zero attached hydrogens (tertiary/aromatic N) is 3. The van der Waals surface area contributed by atoms with E-state index in [1.807, 2.05) is 9.80 Å². The monoisotopic (exact) mass is 335 g/mol. The second-order valence-corrected chi connectivity index (χ2v) is 7.87. The van der Waals surface area contributed by atoms with E-state index in [2.05, 4.69) is 11.8 Å². The SMILES string of the molecule is CCCN(CC(=O)N1CCC(C(=O)N2CCCC2)CC1)CC1CC1. The van der Waals surface area contributed by atoms with Crippen LogP contribution in [0.2, 0.25) is 0 Å². The fourth-order valence-corrected chi connectivity index (χ4v) is 4.08. The second kappa shape index (κ2) is 8.32. The molecule has 136 valence electrons. The van der Waals surface area contributed by atoms with Crippen LogP contribution >= 0.6 is 0 Å². The molecule has 1 aliphatic carbocycles. The van der Waals surface area contributed by atoms with E-state index in [1.54, 1.807) is 0 Å². The number of hydrogen-bond acceptors (Lipinski definition) is 3. The number of likely N-dealkylation sites (tertiary alicyclic amines) is 2. The fraction of sp³-hybridized carbons (Fsp3) is 0.895. The molecule has 2 aliphatic heterocycles. The Balaban J connectivity index is 1.42. The molecule has 0 atom stereocenters. The summed E-state index contributed by atoms with van der Waals surface area (Å²) in [6.45, 7) is 8.24. The Morgan fingerprint density at radius 2 is 1.62 bits per heavy atom. The summed E-state index contributed by atoms with van der Waals surface area (Å²) in [5.41, 5.74) is 0. The predicted octanol–water partition coefficient (Wildman–Crippen LogP) is 1.97. The van der Waals surface area contributed by atoms with E-state index in [9.17, 15) is 9.59 Å². The molecule has 3 aliphatic rings. The standard InChI is InChI=1S/C19H33N3O2/c1-2-9-20(14-16-5-6-16)15-18(23)21-12-7-17(8-13-21)19(24)22-10-3-4-11-22/h16-17H,2-15H2,1H3. The summed E-state index contributed by atoms with van der Waals surface area (Å²) in [6.07, 6.45) is 7.76. The highest BCUT2D eigenvalue weighted by molar-refractivity contribution is 5.81. The summed E-state index contributed by atoms with van der Waals surface area (Å²) in [4.78, 5) is 31.4. The third-order valence-corrected chi connectivity index (χ3v) is 5.73. The van der Waals surface area contributed by atoms with Gasteiger partial charge in [-0.3, -0.25) is 14.5 Å². The smallest absolute Gasteiger partial charge is 0.236 e. The van der Waals surface area contributed by atoms with Crippen LogP contribution in [0, 0.1) is 11.8 Å². The van der Waals surface area contributed by atoms with E-state index in [-0.39, 0.29) is 11.8 Å². The maximum Gasteiger partial charge on any atom is 0.236 e. The summed E-state index contributed by atoms with van der Waals surface area (Å²) in [5.74, 6) is 1.57. The van der Waals surface area contributed by atoms with Crippen molar-refractivity contribution >= 4 is 11.8 Å². The Morgan fingerprint density at radius 1 is 0.958 bits per heavy atom. The molecule has 2 amide bonds. The molecule has 0 unspecified atom stereocenters. The molecule has 2 heterocycles. The van der Waals surface area contributed by atoms with Crippen molar-refractivity contribution in [3.63, 3.8) is 0 Å². The highest BCUT2D eigenvalue weighted by atomic mass is 16.2. The minimum absolute atomic E-state index is 0.144. The third kappa shape index (κ3) is 4.71. The van der Waals surface area contributed by atoms with Gasteiger partial charge in [0.15, 0.2) is 0 Å². The van der Waals surface area contributed by atoms with Gasteiger partial charge in [-0.15, -0.1) is 0 Å². The van der Waals surface area contributed by atoms with Crippen molar-refractivity contribution in [2.45, 2.75) is 51.9 Å². The van der Waals surface area contributed by atoms with Gasteiger partial charge in [0.2, 0.25) is 11.8 Å². The van der Waals surface area contributed by atoms with E-state index in [0.717, 1.165) is 77.3 Å². The molecule has 5 heteroatoms. The number of amides is 2. The van der Waals surface area contributed by atoms with Crippen LogP contribution in [0.5, 0.6) is 0 Å². The van der Waals surface area contributed by atoms with Crippen LogP contribution in [0.3, 0.4) is 0 Å². The van der Waals surface area contributed by atoms with Gasteiger partial charge in [0, 0.05) is 38.6 Å². The van der Waals surface area contributed by atoms with Crippen LogP contribution in [0.1, 0.15) is 51.9 Å². The average molecular weight is 335 g/mol. The van der Waals surface area contributed by atoms with Crippen LogP contribution in [0.4, 0.5) is 0 Å². The summed E-state index contributed by atoms with van der Waals surface area (Å²) in [5, 5.41) is 0. The van der Waals surface area contributed by atoms with Crippen molar-refractivity contribution in [2.24, 2.45) is 11.8 Å². The molecule has 0 aromatic rings. The van der Waals surface area contributed by atoms with E-state index < -0.39 is 0 Å².